The Kier molecular flexibility index (Phi) is 8.65. The van der Waals surface area contributed by atoms with Gasteiger partial charge in [-0.05, 0) is 55.3 Å². The lowest BCUT2D eigenvalue weighted by Gasteiger charge is -2.34. The molecule has 4 rings (SSSR count). The van der Waals surface area contributed by atoms with Gasteiger partial charge in [0.2, 0.25) is 10.0 Å². The Hall–Kier alpha value is -3.89. The Labute approximate surface area is 222 Å². The van der Waals surface area contributed by atoms with Gasteiger partial charge in [0, 0.05) is 12.6 Å². The molecule has 3 aromatic rings. The van der Waals surface area contributed by atoms with E-state index in [1.54, 1.807) is 31.2 Å². The molecule has 1 heterocycles. The Bertz CT molecular complexity index is 1360. The highest BCUT2D eigenvalue weighted by atomic mass is 32.2. The molecule has 1 aliphatic rings. The Morgan fingerprint density at radius 3 is 2.42 bits per heavy atom. The predicted octanol–water partition coefficient (Wildman–Crippen LogP) is 3.25. The van der Waals surface area contributed by atoms with Crippen LogP contribution in [-0.4, -0.2) is 45.5 Å². The molecule has 2 atom stereocenters. The van der Waals surface area contributed by atoms with Gasteiger partial charge in [-0.1, -0.05) is 49.4 Å². The highest BCUT2D eigenvalue weighted by molar-refractivity contribution is 7.89. The van der Waals surface area contributed by atoms with Gasteiger partial charge in [0.1, 0.15) is 11.5 Å². The molecule has 3 aromatic carbocycles. The number of carbonyl (C=O) groups excluding carboxylic acids is 2. The van der Waals surface area contributed by atoms with Crippen LogP contribution in [0, 0.1) is 0 Å². The van der Waals surface area contributed by atoms with Crippen molar-refractivity contribution in [3.05, 3.63) is 84.4 Å². The summed E-state index contributed by atoms with van der Waals surface area (Å²) in [5.41, 5.74) is 1.50. The standard InChI is InChI=1S/C28H31N3O6S/c1-3-20(2)30-38(34,35)23-15-13-22(14-16-23)36-19-27(32)31-18-26(37-25-12-8-7-11-24(25)31)28(33)29-17-21-9-5-4-6-10-21/h4-16,20,26,30H,3,17-19H2,1-2H3,(H,29,33)/t20-,26-/m0/s1. The minimum Gasteiger partial charge on any atom is -0.484 e. The van der Waals surface area contributed by atoms with Crippen LogP contribution in [-0.2, 0) is 26.2 Å². The molecule has 10 heteroatoms. The molecular weight excluding hydrogens is 506 g/mol. The third-order valence-corrected chi connectivity index (χ3v) is 7.75. The normalized spacial score (nSPS) is 15.6. The SMILES string of the molecule is CC[C@H](C)NS(=O)(=O)c1ccc(OCC(=O)N2C[C@@H](C(=O)NCc3ccccc3)Oc3ccccc32)cc1. The van der Waals surface area contributed by atoms with E-state index in [2.05, 4.69) is 10.0 Å². The predicted molar refractivity (Wildman–Crippen MR) is 144 cm³/mol. The molecule has 9 nitrogen and oxygen atoms in total. The molecule has 0 spiro atoms. The lowest BCUT2D eigenvalue weighted by molar-refractivity contribution is -0.128. The molecule has 0 fully saturated rings. The fourth-order valence-corrected chi connectivity index (χ4v) is 5.19. The van der Waals surface area contributed by atoms with Crippen LogP contribution in [0.2, 0.25) is 0 Å². The van der Waals surface area contributed by atoms with Gasteiger partial charge in [-0.15, -0.1) is 0 Å². The largest absolute Gasteiger partial charge is 0.484 e. The Morgan fingerprint density at radius 2 is 1.71 bits per heavy atom. The number of fused-ring (bicyclic) bond motifs is 1. The van der Waals surface area contributed by atoms with Crippen molar-refractivity contribution in [2.24, 2.45) is 0 Å². The van der Waals surface area contributed by atoms with E-state index in [1.807, 2.05) is 37.3 Å². The van der Waals surface area contributed by atoms with Gasteiger partial charge in [-0.25, -0.2) is 13.1 Å². The maximum absolute atomic E-state index is 13.2. The molecule has 0 saturated heterocycles. The second-order valence-electron chi connectivity index (χ2n) is 8.97. The maximum Gasteiger partial charge on any atom is 0.265 e. The first-order chi connectivity index (χ1) is 18.3. The van der Waals surface area contributed by atoms with E-state index in [0.29, 0.717) is 30.2 Å². The molecule has 38 heavy (non-hydrogen) atoms. The molecule has 0 bridgehead atoms. The lowest BCUT2D eigenvalue weighted by atomic mass is 10.1. The number of hydrogen-bond donors (Lipinski definition) is 2. The number of ether oxygens (including phenoxy) is 2. The molecule has 200 valence electrons. The molecule has 0 aliphatic carbocycles. The Balaban J connectivity index is 1.40. The van der Waals surface area contributed by atoms with Crippen LogP contribution >= 0.6 is 0 Å². The number of anilines is 1. The van der Waals surface area contributed by atoms with Gasteiger partial charge in [0.25, 0.3) is 11.8 Å². The van der Waals surface area contributed by atoms with Crippen molar-refractivity contribution in [3.63, 3.8) is 0 Å². The topological polar surface area (TPSA) is 114 Å². The number of hydrogen-bond acceptors (Lipinski definition) is 6. The quantitative estimate of drug-likeness (QED) is 0.411. The number of para-hydroxylation sites is 2. The molecule has 0 unspecified atom stereocenters. The second kappa shape index (κ2) is 12.1. The summed E-state index contributed by atoms with van der Waals surface area (Å²) in [7, 11) is -3.64. The molecule has 0 saturated carbocycles. The number of rotatable bonds is 10. The average Bonchev–Trinajstić information content (AvgIpc) is 2.94. The number of benzene rings is 3. The van der Waals surface area contributed by atoms with Gasteiger partial charge in [0.15, 0.2) is 12.7 Å². The third kappa shape index (κ3) is 6.70. The minimum atomic E-state index is -3.64. The van der Waals surface area contributed by atoms with E-state index in [1.165, 1.54) is 29.2 Å². The second-order valence-corrected chi connectivity index (χ2v) is 10.7. The van der Waals surface area contributed by atoms with Crippen molar-refractivity contribution in [2.75, 3.05) is 18.1 Å². The number of nitrogens with zero attached hydrogens (tertiary/aromatic N) is 1. The van der Waals surface area contributed by atoms with Crippen molar-refractivity contribution >= 4 is 27.5 Å². The summed E-state index contributed by atoms with van der Waals surface area (Å²) in [6, 6.07) is 22.2. The number of sulfonamides is 1. The lowest BCUT2D eigenvalue weighted by Crippen LogP contribution is -2.51. The molecular formula is C28H31N3O6S. The number of amides is 2. The fourth-order valence-electron chi connectivity index (χ4n) is 3.86. The monoisotopic (exact) mass is 537 g/mol. The van der Waals surface area contributed by atoms with Crippen LogP contribution in [0.15, 0.2) is 83.8 Å². The minimum absolute atomic E-state index is 0.0261. The van der Waals surface area contributed by atoms with Gasteiger partial charge >= 0.3 is 0 Å². The molecule has 0 radical (unpaired) electrons. The zero-order valence-corrected chi connectivity index (χ0v) is 22.1. The zero-order valence-electron chi connectivity index (χ0n) is 21.3. The first kappa shape index (κ1) is 27.2. The fraction of sp³-hybridized carbons (Fsp3) is 0.286. The Morgan fingerprint density at radius 1 is 1.03 bits per heavy atom. The maximum atomic E-state index is 13.2. The van der Waals surface area contributed by atoms with Crippen LogP contribution in [0.3, 0.4) is 0 Å². The molecule has 0 aromatic heterocycles. The summed E-state index contributed by atoms with van der Waals surface area (Å²) < 4.78 is 39.1. The summed E-state index contributed by atoms with van der Waals surface area (Å²) in [6.45, 7) is 3.76. The van der Waals surface area contributed by atoms with Crippen molar-refractivity contribution in [3.8, 4) is 11.5 Å². The van der Waals surface area contributed by atoms with Gasteiger partial charge in [-0.2, -0.15) is 0 Å². The molecule has 2 amide bonds. The van der Waals surface area contributed by atoms with Gasteiger partial charge < -0.3 is 19.7 Å². The summed E-state index contributed by atoms with van der Waals surface area (Å²) in [6.07, 6.45) is -0.219. The van der Waals surface area contributed by atoms with Crippen molar-refractivity contribution in [2.45, 2.75) is 43.9 Å². The van der Waals surface area contributed by atoms with E-state index in [0.717, 1.165) is 5.56 Å². The summed E-state index contributed by atoms with van der Waals surface area (Å²) in [5, 5.41) is 2.86. The van der Waals surface area contributed by atoms with Crippen molar-refractivity contribution < 1.29 is 27.5 Å². The number of nitrogens with one attached hydrogen (secondary N) is 2. The van der Waals surface area contributed by atoms with E-state index in [9.17, 15) is 18.0 Å². The third-order valence-electron chi connectivity index (χ3n) is 6.14. The van der Waals surface area contributed by atoms with E-state index >= 15 is 0 Å². The summed E-state index contributed by atoms with van der Waals surface area (Å²) in [5.74, 6) is 0.0801. The van der Waals surface area contributed by atoms with Crippen LogP contribution in [0.1, 0.15) is 25.8 Å². The molecule has 1 aliphatic heterocycles. The summed E-state index contributed by atoms with van der Waals surface area (Å²) in [4.78, 5) is 27.6. The van der Waals surface area contributed by atoms with Crippen LogP contribution < -0.4 is 24.4 Å². The van der Waals surface area contributed by atoms with Crippen LogP contribution in [0.5, 0.6) is 11.5 Å². The first-order valence-corrected chi connectivity index (χ1v) is 13.9. The van der Waals surface area contributed by atoms with Crippen LogP contribution in [0.25, 0.3) is 0 Å². The number of carbonyl (C=O) groups is 2. The van der Waals surface area contributed by atoms with E-state index < -0.39 is 16.1 Å². The first-order valence-electron chi connectivity index (χ1n) is 12.4. The van der Waals surface area contributed by atoms with Crippen molar-refractivity contribution in [1.29, 1.82) is 0 Å². The van der Waals surface area contributed by atoms with Gasteiger partial charge in [-0.3, -0.25) is 9.59 Å². The highest BCUT2D eigenvalue weighted by Crippen LogP contribution is 2.33. The van der Waals surface area contributed by atoms with E-state index in [4.69, 9.17) is 9.47 Å². The van der Waals surface area contributed by atoms with Crippen molar-refractivity contribution in [1.82, 2.24) is 10.0 Å². The highest BCUT2D eigenvalue weighted by Gasteiger charge is 2.33. The molecule has 2 N–H and O–H groups in total. The zero-order chi connectivity index (χ0) is 27.1. The van der Waals surface area contributed by atoms with E-state index in [-0.39, 0.29) is 35.9 Å². The average molecular weight is 538 g/mol. The summed E-state index contributed by atoms with van der Waals surface area (Å²) >= 11 is 0. The van der Waals surface area contributed by atoms with Crippen LogP contribution in [0.4, 0.5) is 5.69 Å². The smallest absolute Gasteiger partial charge is 0.265 e. The van der Waals surface area contributed by atoms with Gasteiger partial charge in [0.05, 0.1) is 17.1 Å².